The zero-order valence-corrected chi connectivity index (χ0v) is 7.15. The molecule has 0 aromatic carbocycles. The van der Waals surface area contributed by atoms with Crippen LogP contribution in [-0.4, -0.2) is 22.6 Å². The van der Waals surface area contributed by atoms with E-state index in [0.29, 0.717) is 25.2 Å². The minimum atomic E-state index is 0.355. The van der Waals surface area contributed by atoms with Crippen molar-refractivity contribution in [2.45, 2.75) is 6.54 Å². The van der Waals surface area contributed by atoms with Crippen LogP contribution in [-0.2, 0) is 23.2 Å². The Morgan fingerprint density at radius 1 is 1.54 bits per heavy atom. The van der Waals surface area contributed by atoms with Crippen molar-refractivity contribution in [1.29, 1.82) is 0 Å². The molecule has 1 rings (SSSR count). The van der Waals surface area contributed by atoms with Crippen LogP contribution in [0.2, 0.25) is 0 Å². The maximum absolute atomic E-state index is 10.2. The monoisotopic (exact) mass is 182 g/mol. The standard InChI is InChI=1S/C7H10N4O2/c1-11-7(9-5-13)6(3-10-11)2-8-4-12/h3-5H,2H2,1H3,(H,8,12)(H,9,13). The third-order valence-electron chi connectivity index (χ3n) is 1.59. The van der Waals surface area contributed by atoms with Crippen molar-refractivity contribution in [2.24, 2.45) is 7.05 Å². The highest BCUT2D eigenvalue weighted by atomic mass is 16.1. The largest absolute Gasteiger partial charge is 0.354 e. The summed E-state index contributed by atoms with van der Waals surface area (Å²) >= 11 is 0. The molecule has 6 heteroatoms. The van der Waals surface area contributed by atoms with Gasteiger partial charge in [0.2, 0.25) is 12.8 Å². The smallest absolute Gasteiger partial charge is 0.212 e. The van der Waals surface area contributed by atoms with Crippen LogP contribution in [0.15, 0.2) is 6.20 Å². The molecule has 0 saturated carbocycles. The van der Waals surface area contributed by atoms with Crippen molar-refractivity contribution in [3.8, 4) is 0 Å². The molecule has 0 spiro atoms. The molecule has 13 heavy (non-hydrogen) atoms. The summed E-state index contributed by atoms with van der Waals surface area (Å²) in [6.07, 6.45) is 2.75. The van der Waals surface area contributed by atoms with Crippen molar-refractivity contribution >= 4 is 18.6 Å². The number of aryl methyl sites for hydroxylation is 1. The molecule has 0 radical (unpaired) electrons. The minimum absolute atomic E-state index is 0.355. The van der Waals surface area contributed by atoms with E-state index in [1.165, 1.54) is 4.68 Å². The molecular formula is C7H10N4O2. The summed E-state index contributed by atoms with van der Waals surface area (Å²) in [4.78, 5) is 20.2. The summed E-state index contributed by atoms with van der Waals surface area (Å²) in [6, 6.07) is 0. The normalized spacial score (nSPS) is 9.31. The Balaban J connectivity index is 2.79. The summed E-state index contributed by atoms with van der Waals surface area (Å²) < 4.78 is 1.52. The number of rotatable bonds is 5. The van der Waals surface area contributed by atoms with Crippen LogP contribution in [0, 0.1) is 0 Å². The molecule has 2 amide bonds. The van der Waals surface area contributed by atoms with Gasteiger partial charge in [0.05, 0.1) is 6.20 Å². The van der Waals surface area contributed by atoms with Crippen LogP contribution >= 0.6 is 0 Å². The van der Waals surface area contributed by atoms with E-state index in [1.807, 2.05) is 0 Å². The van der Waals surface area contributed by atoms with Gasteiger partial charge < -0.3 is 10.6 Å². The number of nitrogens with zero attached hydrogens (tertiary/aromatic N) is 2. The van der Waals surface area contributed by atoms with Gasteiger partial charge in [0, 0.05) is 19.2 Å². The predicted molar refractivity (Wildman–Crippen MR) is 45.8 cm³/mol. The summed E-state index contributed by atoms with van der Waals surface area (Å²) in [6.45, 7) is 0.355. The lowest BCUT2D eigenvalue weighted by Gasteiger charge is -2.02. The summed E-state index contributed by atoms with van der Waals surface area (Å²) in [7, 11) is 1.70. The van der Waals surface area contributed by atoms with Crippen molar-refractivity contribution in [3.63, 3.8) is 0 Å². The number of amides is 2. The van der Waals surface area contributed by atoms with Gasteiger partial charge in [-0.25, -0.2) is 0 Å². The molecule has 6 nitrogen and oxygen atoms in total. The fraction of sp³-hybridized carbons (Fsp3) is 0.286. The molecule has 0 atom stereocenters. The highest BCUT2D eigenvalue weighted by Crippen LogP contribution is 2.11. The molecule has 1 aromatic rings. The lowest BCUT2D eigenvalue weighted by molar-refractivity contribution is -0.109. The maximum atomic E-state index is 10.2. The van der Waals surface area contributed by atoms with Crippen molar-refractivity contribution in [3.05, 3.63) is 11.8 Å². The Bertz CT molecular complexity index is 307. The first-order valence-electron chi connectivity index (χ1n) is 3.67. The summed E-state index contributed by atoms with van der Waals surface area (Å²) in [5.41, 5.74) is 0.765. The lowest BCUT2D eigenvalue weighted by Crippen LogP contribution is -2.12. The van der Waals surface area contributed by atoms with Crippen LogP contribution in [0.3, 0.4) is 0 Å². The van der Waals surface area contributed by atoms with E-state index in [2.05, 4.69) is 15.7 Å². The molecule has 0 bridgehead atoms. The molecule has 1 heterocycles. The van der Waals surface area contributed by atoms with Crippen LogP contribution in [0.5, 0.6) is 0 Å². The second kappa shape index (κ2) is 4.24. The third-order valence-corrected chi connectivity index (χ3v) is 1.59. The third kappa shape index (κ3) is 2.05. The number of nitrogens with one attached hydrogen (secondary N) is 2. The van der Waals surface area contributed by atoms with Gasteiger partial charge in [-0.05, 0) is 0 Å². The summed E-state index contributed by atoms with van der Waals surface area (Å²) in [5, 5.41) is 8.91. The van der Waals surface area contributed by atoms with E-state index in [9.17, 15) is 9.59 Å². The number of carbonyl (C=O) groups excluding carboxylic acids is 2. The number of anilines is 1. The fourth-order valence-electron chi connectivity index (χ4n) is 1.01. The highest BCUT2D eigenvalue weighted by molar-refractivity contribution is 5.71. The average Bonchev–Trinajstić information content (AvgIpc) is 2.46. The SMILES string of the molecule is Cn1ncc(CNC=O)c1NC=O. The second-order valence-electron chi connectivity index (χ2n) is 2.40. The van der Waals surface area contributed by atoms with Gasteiger partial charge in [-0.1, -0.05) is 0 Å². The first-order valence-corrected chi connectivity index (χ1v) is 3.67. The lowest BCUT2D eigenvalue weighted by atomic mass is 10.3. The first-order chi connectivity index (χ1) is 6.29. The van der Waals surface area contributed by atoms with Gasteiger partial charge >= 0.3 is 0 Å². The molecule has 1 aromatic heterocycles. The van der Waals surface area contributed by atoms with E-state index in [0.717, 1.165) is 5.56 Å². The second-order valence-corrected chi connectivity index (χ2v) is 2.40. The van der Waals surface area contributed by atoms with Gasteiger partial charge in [-0.15, -0.1) is 0 Å². The zero-order valence-electron chi connectivity index (χ0n) is 7.15. The number of carbonyl (C=O) groups is 2. The van der Waals surface area contributed by atoms with E-state index >= 15 is 0 Å². The van der Waals surface area contributed by atoms with E-state index in [-0.39, 0.29) is 0 Å². The minimum Gasteiger partial charge on any atom is -0.354 e. The van der Waals surface area contributed by atoms with Crippen LogP contribution < -0.4 is 10.6 Å². The van der Waals surface area contributed by atoms with Crippen LogP contribution in [0.25, 0.3) is 0 Å². The Labute approximate surface area is 74.9 Å². The Morgan fingerprint density at radius 3 is 2.92 bits per heavy atom. The molecule has 70 valence electrons. The van der Waals surface area contributed by atoms with Gasteiger partial charge in [0.25, 0.3) is 0 Å². The zero-order chi connectivity index (χ0) is 9.68. The Morgan fingerprint density at radius 2 is 2.31 bits per heavy atom. The van der Waals surface area contributed by atoms with E-state index < -0.39 is 0 Å². The van der Waals surface area contributed by atoms with Gasteiger partial charge in [0.1, 0.15) is 5.82 Å². The Hall–Kier alpha value is -1.85. The van der Waals surface area contributed by atoms with Crippen molar-refractivity contribution in [1.82, 2.24) is 15.1 Å². The van der Waals surface area contributed by atoms with Gasteiger partial charge in [-0.2, -0.15) is 5.10 Å². The molecule has 2 N–H and O–H groups in total. The highest BCUT2D eigenvalue weighted by Gasteiger charge is 2.06. The van der Waals surface area contributed by atoms with Crippen molar-refractivity contribution < 1.29 is 9.59 Å². The number of hydrogen-bond donors (Lipinski definition) is 2. The van der Waals surface area contributed by atoms with Crippen molar-refractivity contribution in [2.75, 3.05) is 5.32 Å². The quantitative estimate of drug-likeness (QED) is 0.587. The van der Waals surface area contributed by atoms with Gasteiger partial charge in [0.15, 0.2) is 0 Å². The molecule has 0 fully saturated rings. The van der Waals surface area contributed by atoms with E-state index in [1.54, 1.807) is 13.2 Å². The summed E-state index contributed by atoms with van der Waals surface area (Å²) in [5.74, 6) is 0.587. The Kier molecular flexibility index (Phi) is 3.02. The van der Waals surface area contributed by atoms with Crippen LogP contribution in [0.1, 0.15) is 5.56 Å². The molecular weight excluding hydrogens is 172 g/mol. The van der Waals surface area contributed by atoms with Crippen LogP contribution in [0.4, 0.5) is 5.82 Å². The average molecular weight is 182 g/mol. The number of aromatic nitrogens is 2. The molecule has 0 aliphatic heterocycles. The first kappa shape index (κ1) is 9.24. The maximum Gasteiger partial charge on any atom is 0.212 e. The molecule has 0 aliphatic rings. The molecule has 0 saturated heterocycles. The van der Waals surface area contributed by atoms with E-state index in [4.69, 9.17) is 0 Å². The van der Waals surface area contributed by atoms with Gasteiger partial charge in [-0.3, -0.25) is 14.3 Å². The molecule has 0 unspecified atom stereocenters. The predicted octanol–water partition coefficient (Wildman–Crippen LogP) is -0.766. The fourth-order valence-corrected chi connectivity index (χ4v) is 1.01. The topological polar surface area (TPSA) is 76.0 Å². The molecule has 0 aliphatic carbocycles. The number of hydrogen-bond acceptors (Lipinski definition) is 3.